The maximum atomic E-state index is 10.7. The summed E-state index contributed by atoms with van der Waals surface area (Å²) in [4.78, 5) is 14.2. The molecule has 0 bridgehead atoms. The lowest BCUT2D eigenvalue weighted by atomic mass is 10.1. The van der Waals surface area contributed by atoms with Crippen molar-refractivity contribution < 1.29 is 9.66 Å². The fourth-order valence-corrected chi connectivity index (χ4v) is 1.55. The molecule has 0 saturated heterocycles. The number of hydrogen-bond donors (Lipinski definition) is 1. The monoisotopic (exact) mass is 259 g/mol. The first kappa shape index (κ1) is 13.0. The number of rotatable bonds is 4. The molecule has 1 aromatic carbocycles. The van der Waals surface area contributed by atoms with Gasteiger partial charge in [-0.25, -0.2) is 4.98 Å². The Morgan fingerprint density at radius 2 is 2.16 bits per heavy atom. The van der Waals surface area contributed by atoms with E-state index in [0.717, 1.165) is 5.56 Å². The Morgan fingerprint density at radius 3 is 2.84 bits per heavy atom. The van der Waals surface area contributed by atoms with Crippen LogP contribution in [0.3, 0.4) is 0 Å². The first-order valence-corrected chi connectivity index (χ1v) is 5.70. The van der Waals surface area contributed by atoms with E-state index in [1.807, 2.05) is 6.92 Å². The number of nitrogens with zero attached hydrogens (tertiary/aromatic N) is 2. The van der Waals surface area contributed by atoms with Crippen molar-refractivity contribution in [3.8, 4) is 11.6 Å². The molecule has 0 aliphatic carbocycles. The van der Waals surface area contributed by atoms with Crippen molar-refractivity contribution in [2.24, 2.45) is 5.73 Å². The molecule has 2 N–H and O–H groups in total. The molecule has 0 fully saturated rings. The van der Waals surface area contributed by atoms with Gasteiger partial charge in [0.05, 0.1) is 11.0 Å². The number of aromatic nitrogens is 1. The topological polar surface area (TPSA) is 91.3 Å². The first-order valence-electron chi connectivity index (χ1n) is 5.70. The Morgan fingerprint density at radius 1 is 1.37 bits per heavy atom. The Balaban J connectivity index is 2.23. The molecule has 0 aliphatic heterocycles. The fraction of sp³-hybridized carbons (Fsp3) is 0.154. The second kappa shape index (κ2) is 5.45. The first-order chi connectivity index (χ1) is 9.06. The molecule has 0 spiro atoms. The molecule has 0 radical (unpaired) electrons. The predicted octanol–water partition coefficient (Wildman–Crippen LogP) is 2.80. The van der Waals surface area contributed by atoms with E-state index in [0.29, 0.717) is 11.6 Å². The Hall–Kier alpha value is -2.47. The van der Waals surface area contributed by atoms with Crippen molar-refractivity contribution in [2.75, 3.05) is 0 Å². The molecule has 2 aromatic rings. The summed E-state index contributed by atoms with van der Waals surface area (Å²) >= 11 is 0. The summed E-state index contributed by atoms with van der Waals surface area (Å²) in [5.74, 6) is 0.721. The lowest BCUT2D eigenvalue weighted by molar-refractivity contribution is -0.384. The van der Waals surface area contributed by atoms with Crippen LogP contribution >= 0.6 is 0 Å². The number of nitro groups is 1. The average molecular weight is 259 g/mol. The van der Waals surface area contributed by atoms with Crippen molar-refractivity contribution in [1.82, 2.24) is 4.98 Å². The minimum atomic E-state index is -0.474. The smallest absolute Gasteiger partial charge is 0.273 e. The van der Waals surface area contributed by atoms with E-state index in [4.69, 9.17) is 10.5 Å². The van der Waals surface area contributed by atoms with Crippen LogP contribution in [0, 0.1) is 10.1 Å². The van der Waals surface area contributed by atoms with Gasteiger partial charge in [-0.2, -0.15) is 0 Å². The van der Waals surface area contributed by atoms with E-state index < -0.39 is 4.92 Å². The highest BCUT2D eigenvalue weighted by molar-refractivity contribution is 5.39. The van der Waals surface area contributed by atoms with Gasteiger partial charge in [0.25, 0.3) is 5.69 Å². The van der Waals surface area contributed by atoms with Crippen molar-refractivity contribution in [3.05, 3.63) is 58.3 Å². The van der Waals surface area contributed by atoms with Gasteiger partial charge in [-0.3, -0.25) is 10.1 Å². The molecule has 0 aliphatic rings. The van der Waals surface area contributed by atoms with Crippen LogP contribution < -0.4 is 10.5 Å². The van der Waals surface area contributed by atoms with Gasteiger partial charge in [0.1, 0.15) is 5.75 Å². The van der Waals surface area contributed by atoms with Gasteiger partial charge in [-0.05, 0) is 24.6 Å². The summed E-state index contributed by atoms with van der Waals surface area (Å²) < 4.78 is 5.49. The molecule has 1 atom stereocenters. The number of non-ortho nitro benzene ring substituents is 1. The van der Waals surface area contributed by atoms with Crippen molar-refractivity contribution >= 4 is 5.69 Å². The SMILES string of the molecule is C[C@@H](N)c1ccnc(Oc2cccc([N+](=O)[O-])c2)c1. The molecule has 19 heavy (non-hydrogen) atoms. The highest BCUT2D eigenvalue weighted by atomic mass is 16.6. The Kier molecular flexibility index (Phi) is 3.72. The van der Waals surface area contributed by atoms with Gasteiger partial charge in [0.15, 0.2) is 0 Å². The summed E-state index contributed by atoms with van der Waals surface area (Å²) in [6.07, 6.45) is 1.59. The third kappa shape index (κ3) is 3.26. The maximum absolute atomic E-state index is 10.7. The zero-order valence-electron chi connectivity index (χ0n) is 10.3. The molecule has 2 rings (SSSR count). The van der Waals surface area contributed by atoms with Gasteiger partial charge < -0.3 is 10.5 Å². The number of ether oxygens (including phenoxy) is 1. The number of nitro benzene ring substituents is 1. The van der Waals surface area contributed by atoms with E-state index in [1.165, 1.54) is 12.1 Å². The van der Waals surface area contributed by atoms with Crippen LogP contribution in [0.5, 0.6) is 11.6 Å². The second-order valence-electron chi connectivity index (χ2n) is 4.07. The minimum Gasteiger partial charge on any atom is -0.439 e. The molecule has 1 heterocycles. The standard InChI is InChI=1S/C13H13N3O3/c1-9(14)10-5-6-15-13(7-10)19-12-4-2-3-11(8-12)16(17)18/h2-9H,14H2,1H3/t9-/m1/s1. The summed E-state index contributed by atoms with van der Waals surface area (Å²) in [6.45, 7) is 1.85. The van der Waals surface area contributed by atoms with Crippen LogP contribution in [0.1, 0.15) is 18.5 Å². The van der Waals surface area contributed by atoms with Crippen molar-refractivity contribution in [1.29, 1.82) is 0 Å². The van der Waals surface area contributed by atoms with Gasteiger partial charge >= 0.3 is 0 Å². The molecule has 6 nitrogen and oxygen atoms in total. The third-order valence-corrected chi connectivity index (χ3v) is 2.54. The number of hydrogen-bond acceptors (Lipinski definition) is 5. The predicted molar refractivity (Wildman–Crippen MR) is 70.0 cm³/mol. The molecule has 0 amide bonds. The molecule has 1 aromatic heterocycles. The third-order valence-electron chi connectivity index (χ3n) is 2.54. The van der Waals surface area contributed by atoms with Crippen LogP contribution in [0.25, 0.3) is 0 Å². The van der Waals surface area contributed by atoms with Crippen LogP contribution in [0.15, 0.2) is 42.6 Å². The normalized spacial score (nSPS) is 11.9. The van der Waals surface area contributed by atoms with E-state index in [2.05, 4.69) is 4.98 Å². The van der Waals surface area contributed by atoms with Gasteiger partial charge in [-0.15, -0.1) is 0 Å². The van der Waals surface area contributed by atoms with Gasteiger partial charge in [0.2, 0.25) is 5.88 Å². The minimum absolute atomic E-state index is 0.0270. The summed E-state index contributed by atoms with van der Waals surface area (Å²) in [6, 6.07) is 9.32. The van der Waals surface area contributed by atoms with Crippen molar-refractivity contribution in [3.63, 3.8) is 0 Å². The molecule has 98 valence electrons. The van der Waals surface area contributed by atoms with Gasteiger partial charge in [0, 0.05) is 24.4 Å². The molecular weight excluding hydrogens is 246 g/mol. The number of benzene rings is 1. The van der Waals surface area contributed by atoms with Crippen molar-refractivity contribution in [2.45, 2.75) is 13.0 Å². The van der Waals surface area contributed by atoms with Crippen LogP contribution in [-0.4, -0.2) is 9.91 Å². The summed E-state index contributed by atoms with van der Waals surface area (Å²) in [5.41, 5.74) is 6.62. The molecule has 6 heteroatoms. The van der Waals surface area contributed by atoms with E-state index in [9.17, 15) is 10.1 Å². The number of nitrogens with two attached hydrogens (primary N) is 1. The highest BCUT2D eigenvalue weighted by Gasteiger charge is 2.08. The Labute approximate surface area is 110 Å². The lowest BCUT2D eigenvalue weighted by Crippen LogP contribution is -2.05. The maximum Gasteiger partial charge on any atom is 0.273 e. The van der Waals surface area contributed by atoms with E-state index >= 15 is 0 Å². The van der Waals surface area contributed by atoms with E-state index in [-0.39, 0.29) is 11.7 Å². The van der Waals surface area contributed by atoms with Crippen LogP contribution in [0.4, 0.5) is 5.69 Å². The zero-order valence-corrected chi connectivity index (χ0v) is 10.3. The van der Waals surface area contributed by atoms with Crippen LogP contribution in [-0.2, 0) is 0 Å². The second-order valence-corrected chi connectivity index (χ2v) is 4.07. The number of pyridine rings is 1. The zero-order chi connectivity index (χ0) is 13.8. The molecular formula is C13H13N3O3. The largest absolute Gasteiger partial charge is 0.439 e. The lowest BCUT2D eigenvalue weighted by Gasteiger charge is -2.08. The molecule has 0 unspecified atom stereocenters. The fourth-order valence-electron chi connectivity index (χ4n) is 1.55. The van der Waals surface area contributed by atoms with E-state index in [1.54, 1.807) is 30.5 Å². The summed E-state index contributed by atoms with van der Waals surface area (Å²) in [5, 5.41) is 10.7. The molecule has 0 saturated carbocycles. The average Bonchev–Trinajstić information content (AvgIpc) is 2.39. The quantitative estimate of drug-likeness (QED) is 0.673. The van der Waals surface area contributed by atoms with Gasteiger partial charge in [-0.1, -0.05) is 6.07 Å². The highest BCUT2D eigenvalue weighted by Crippen LogP contribution is 2.25. The van der Waals surface area contributed by atoms with Crippen LogP contribution in [0.2, 0.25) is 0 Å². The summed E-state index contributed by atoms with van der Waals surface area (Å²) in [7, 11) is 0. The Bertz CT molecular complexity index is 599.